The average Bonchev–Trinajstić information content (AvgIpc) is 2.98. The van der Waals surface area contributed by atoms with Gasteiger partial charge >= 0.3 is 11.9 Å². The van der Waals surface area contributed by atoms with Gasteiger partial charge in [-0.15, -0.1) is 0 Å². The summed E-state index contributed by atoms with van der Waals surface area (Å²) in [5.74, 6) is -0.839. The van der Waals surface area contributed by atoms with Crippen molar-refractivity contribution < 1.29 is 19.2 Å². The fourth-order valence-corrected chi connectivity index (χ4v) is 3.70. The highest BCUT2D eigenvalue weighted by Crippen LogP contribution is 2.36. The van der Waals surface area contributed by atoms with Crippen LogP contribution in [0.5, 0.6) is 0 Å². The Morgan fingerprint density at radius 2 is 2.08 bits per heavy atom. The number of nitrogens with one attached hydrogen (secondary N) is 1. The van der Waals surface area contributed by atoms with Gasteiger partial charge in [-0.25, -0.2) is 4.79 Å². The highest BCUT2D eigenvalue weighted by molar-refractivity contribution is 6.12. The number of hydrogen-bond donors (Lipinski definition) is 1. The van der Waals surface area contributed by atoms with Crippen LogP contribution in [0.2, 0.25) is 0 Å². The van der Waals surface area contributed by atoms with Gasteiger partial charge in [0, 0.05) is 29.1 Å². The predicted octanol–water partition coefficient (Wildman–Crippen LogP) is 3.20. The van der Waals surface area contributed by atoms with Crippen molar-refractivity contribution in [2.24, 2.45) is 17.0 Å². The van der Waals surface area contributed by atoms with Gasteiger partial charge in [0.25, 0.3) is 0 Å². The van der Waals surface area contributed by atoms with Gasteiger partial charge in [0.15, 0.2) is 0 Å². The first-order chi connectivity index (χ1) is 12.0. The first kappa shape index (κ1) is 17.2. The van der Waals surface area contributed by atoms with Crippen molar-refractivity contribution in [3.8, 4) is 0 Å². The smallest absolute Gasteiger partial charge is 0.331 e. The van der Waals surface area contributed by atoms with Crippen LogP contribution in [-0.2, 0) is 25.6 Å². The van der Waals surface area contributed by atoms with Crippen LogP contribution in [0.3, 0.4) is 0 Å². The zero-order valence-corrected chi connectivity index (χ0v) is 14.7. The van der Waals surface area contributed by atoms with Crippen molar-refractivity contribution in [3.05, 3.63) is 35.5 Å². The van der Waals surface area contributed by atoms with E-state index in [4.69, 9.17) is 9.57 Å². The molecule has 0 bridgehead atoms. The minimum atomic E-state index is -0.462. The molecule has 1 N–H and O–H groups in total. The number of oxime groups is 1. The number of aromatic amines is 1. The summed E-state index contributed by atoms with van der Waals surface area (Å²) in [5.41, 5.74) is 3.70. The van der Waals surface area contributed by atoms with Gasteiger partial charge in [0.05, 0.1) is 18.7 Å². The minimum Gasteiger partial charge on any atom is -0.469 e. The van der Waals surface area contributed by atoms with Gasteiger partial charge < -0.3 is 14.6 Å². The van der Waals surface area contributed by atoms with Crippen LogP contribution < -0.4 is 0 Å². The maximum absolute atomic E-state index is 12.1. The average molecular weight is 342 g/mol. The van der Waals surface area contributed by atoms with Gasteiger partial charge in [-0.05, 0) is 31.2 Å². The molecule has 0 fully saturated rings. The number of carbonyl (C=O) groups is 2. The summed E-state index contributed by atoms with van der Waals surface area (Å²) in [4.78, 5) is 31.7. The summed E-state index contributed by atoms with van der Waals surface area (Å²) >= 11 is 0. The van der Waals surface area contributed by atoms with Gasteiger partial charge in [-0.2, -0.15) is 0 Å². The summed E-state index contributed by atoms with van der Waals surface area (Å²) in [5, 5.41) is 5.14. The Bertz CT molecular complexity index is 837. The van der Waals surface area contributed by atoms with Crippen molar-refractivity contribution in [1.82, 2.24) is 4.98 Å². The molecule has 1 heterocycles. The highest BCUT2D eigenvalue weighted by atomic mass is 16.7. The Hall–Kier alpha value is -2.63. The molecule has 6 heteroatoms. The van der Waals surface area contributed by atoms with E-state index in [0.717, 1.165) is 28.6 Å². The standard InChI is InChI=1S/C19H22N2O4/c1-4-13(19(23)24-3)12-9-16-18(17(10-12)21-25-11(2)22)14-7-5-6-8-15(14)20-16/h5-8,12-13,20H,4,9-10H2,1-3H3/b21-17+. The lowest BCUT2D eigenvalue weighted by atomic mass is 9.77. The molecule has 2 unspecified atom stereocenters. The lowest BCUT2D eigenvalue weighted by Crippen LogP contribution is -2.32. The van der Waals surface area contributed by atoms with E-state index < -0.39 is 5.97 Å². The quantitative estimate of drug-likeness (QED) is 0.526. The van der Waals surface area contributed by atoms with Gasteiger partial charge in [0.2, 0.25) is 0 Å². The van der Waals surface area contributed by atoms with Crippen molar-refractivity contribution in [2.45, 2.75) is 33.1 Å². The largest absolute Gasteiger partial charge is 0.469 e. The molecule has 0 spiro atoms. The van der Waals surface area contributed by atoms with Crippen molar-refractivity contribution in [1.29, 1.82) is 0 Å². The lowest BCUT2D eigenvalue weighted by Gasteiger charge is -2.28. The Labute approximate surface area is 146 Å². The molecule has 0 aliphatic heterocycles. The molecule has 6 nitrogen and oxygen atoms in total. The molecule has 1 aliphatic rings. The fraction of sp³-hybridized carbons (Fsp3) is 0.421. The first-order valence-electron chi connectivity index (χ1n) is 8.47. The monoisotopic (exact) mass is 342 g/mol. The summed E-state index contributed by atoms with van der Waals surface area (Å²) in [6.07, 6.45) is 1.99. The van der Waals surface area contributed by atoms with Crippen molar-refractivity contribution in [3.63, 3.8) is 0 Å². The maximum atomic E-state index is 12.1. The molecular formula is C19H22N2O4. The summed E-state index contributed by atoms with van der Waals surface area (Å²) in [7, 11) is 1.41. The Kier molecular flexibility index (Phi) is 4.88. The number of benzene rings is 1. The van der Waals surface area contributed by atoms with Crippen LogP contribution in [0.15, 0.2) is 29.4 Å². The molecule has 1 aliphatic carbocycles. The molecule has 0 amide bonds. The highest BCUT2D eigenvalue weighted by Gasteiger charge is 2.35. The second-order valence-corrected chi connectivity index (χ2v) is 6.35. The fourth-order valence-electron chi connectivity index (χ4n) is 3.70. The van der Waals surface area contributed by atoms with Crippen LogP contribution in [0.25, 0.3) is 10.9 Å². The molecule has 0 radical (unpaired) electrons. The number of H-pyrrole nitrogens is 1. The van der Waals surface area contributed by atoms with E-state index in [1.165, 1.54) is 14.0 Å². The molecule has 25 heavy (non-hydrogen) atoms. The SMILES string of the molecule is CCC(C(=O)OC)C1C/C(=N\OC(C)=O)c2c([nH]c3ccccc23)C1. The molecule has 0 saturated carbocycles. The van der Waals surface area contributed by atoms with Crippen LogP contribution in [0, 0.1) is 11.8 Å². The molecular weight excluding hydrogens is 320 g/mol. The van der Waals surface area contributed by atoms with Crippen molar-refractivity contribution in [2.75, 3.05) is 7.11 Å². The number of hydrogen-bond acceptors (Lipinski definition) is 5. The molecule has 3 rings (SSSR count). The predicted molar refractivity (Wildman–Crippen MR) is 94.2 cm³/mol. The maximum Gasteiger partial charge on any atom is 0.331 e. The topological polar surface area (TPSA) is 80.8 Å². The number of rotatable bonds is 4. The third kappa shape index (κ3) is 3.29. The van der Waals surface area contributed by atoms with E-state index in [9.17, 15) is 9.59 Å². The number of para-hydroxylation sites is 1. The first-order valence-corrected chi connectivity index (χ1v) is 8.47. The molecule has 1 aromatic carbocycles. The van der Waals surface area contributed by atoms with Gasteiger partial charge in [-0.1, -0.05) is 30.3 Å². The van der Waals surface area contributed by atoms with Crippen molar-refractivity contribution >= 4 is 28.6 Å². The Balaban J connectivity index is 2.06. The summed E-state index contributed by atoms with van der Waals surface area (Å²) in [6, 6.07) is 7.96. The van der Waals surface area contributed by atoms with Crippen LogP contribution in [0.4, 0.5) is 0 Å². The number of methoxy groups -OCH3 is 1. The number of ether oxygens (including phenoxy) is 1. The molecule has 2 aromatic rings. The van der Waals surface area contributed by atoms with E-state index >= 15 is 0 Å². The normalized spacial score (nSPS) is 19.5. The molecule has 132 valence electrons. The molecule has 0 saturated heterocycles. The molecule has 2 atom stereocenters. The number of aromatic nitrogens is 1. The molecule has 1 aromatic heterocycles. The Morgan fingerprint density at radius 3 is 2.76 bits per heavy atom. The Morgan fingerprint density at radius 1 is 1.32 bits per heavy atom. The van der Waals surface area contributed by atoms with Crippen LogP contribution in [0.1, 0.15) is 37.9 Å². The zero-order chi connectivity index (χ0) is 18.0. The van der Waals surface area contributed by atoms with E-state index in [-0.39, 0.29) is 17.8 Å². The van der Waals surface area contributed by atoms with E-state index in [2.05, 4.69) is 10.1 Å². The third-order valence-electron chi connectivity index (χ3n) is 4.79. The van der Waals surface area contributed by atoms with E-state index in [1.807, 2.05) is 31.2 Å². The van der Waals surface area contributed by atoms with E-state index in [1.54, 1.807) is 0 Å². The number of nitrogens with zero attached hydrogens (tertiary/aromatic N) is 1. The van der Waals surface area contributed by atoms with Crippen LogP contribution in [-0.4, -0.2) is 29.7 Å². The number of esters is 1. The zero-order valence-electron chi connectivity index (χ0n) is 14.7. The number of fused-ring (bicyclic) bond motifs is 3. The van der Waals surface area contributed by atoms with Gasteiger partial charge in [-0.3, -0.25) is 4.79 Å². The van der Waals surface area contributed by atoms with Crippen LogP contribution >= 0.6 is 0 Å². The lowest BCUT2D eigenvalue weighted by molar-refractivity contribution is -0.147. The minimum absolute atomic E-state index is 0.0484. The van der Waals surface area contributed by atoms with Gasteiger partial charge in [0.1, 0.15) is 0 Å². The van der Waals surface area contributed by atoms with E-state index in [0.29, 0.717) is 18.6 Å². The second-order valence-electron chi connectivity index (χ2n) is 6.35. The summed E-state index contributed by atoms with van der Waals surface area (Å²) in [6.45, 7) is 3.30. The second kappa shape index (κ2) is 7.09. The third-order valence-corrected chi connectivity index (χ3v) is 4.79. The number of carbonyl (C=O) groups excluding carboxylic acids is 2. The summed E-state index contributed by atoms with van der Waals surface area (Å²) < 4.78 is 4.96.